The molecular weight excluding hydrogens is 318 g/mol. The van der Waals surface area contributed by atoms with Crippen molar-refractivity contribution in [2.45, 2.75) is 38.6 Å². The number of aryl methyl sites for hydroxylation is 1. The zero-order chi connectivity index (χ0) is 17.2. The van der Waals surface area contributed by atoms with Gasteiger partial charge in [-0.1, -0.05) is 12.1 Å². The number of aromatic nitrogens is 6. The molecule has 1 saturated carbocycles. The van der Waals surface area contributed by atoms with Crippen molar-refractivity contribution in [3.8, 4) is 5.69 Å². The van der Waals surface area contributed by atoms with Crippen molar-refractivity contribution in [2.24, 2.45) is 0 Å². The van der Waals surface area contributed by atoms with Crippen LogP contribution in [0, 0.1) is 6.92 Å². The number of benzene rings is 1. The van der Waals surface area contributed by atoms with E-state index in [1.807, 2.05) is 37.3 Å². The molecule has 3 aromatic rings. The van der Waals surface area contributed by atoms with Gasteiger partial charge in [0.1, 0.15) is 0 Å². The summed E-state index contributed by atoms with van der Waals surface area (Å²) in [5, 5.41) is 21.6. The molecule has 1 fully saturated rings. The van der Waals surface area contributed by atoms with E-state index < -0.39 is 0 Å². The van der Waals surface area contributed by atoms with Crippen molar-refractivity contribution in [2.75, 3.05) is 0 Å². The summed E-state index contributed by atoms with van der Waals surface area (Å²) >= 11 is 0. The highest BCUT2D eigenvalue weighted by Crippen LogP contribution is 2.38. The molecular formula is C17H19N7O. The van der Waals surface area contributed by atoms with Crippen LogP contribution >= 0.6 is 0 Å². The predicted octanol–water partition coefficient (Wildman–Crippen LogP) is 1.43. The largest absolute Gasteiger partial charge is 0.350 e. The van der Waals surface area contributed by atoms with E-state index >= 15 is 0 Å². The van der Waals surface area contributed by atoms with Gasteiger partial charge in [0, 0.05) is 5.92 Å². The second kappa shape index (κ2) is 6.46. The summed E-state index contributed by atoms with van der Waals surface area (Å²) in [6.45, 7) is 2.31. The van der Waals surface area contributed by atoms with E-state index in [0.717, 1.165) is 28.5 Å². The number of nitrogens with one attached hydrogen (secondary N) is 2. The van der Waals surface area contributed by atoms with Gasteiger partial charge in [0.05, 0.1) is 30.0 Å². The highest BCUT2D eigenvalue weighted by Gasteiger charge is 2.26. The molecule has 2 N–H and O–H groups in total. The van der Waals surface area contributed by atoms with Crippen molar-refractivity contribution < 1.29 is 4.79 Å². The fraction of sp³-hybridized carbons (Fsp3) is 0.353. The molecule has 2 heterocycles. The highest BCUT2D eigenvalue weighted by atomic mass is 16.1. The molecule has 2 aromatic heterocycles. The average molecular weight is 337 g/mol. The number of carbonyl (C=O) groups is 1. The van der Waals surface area contributed by atoms with Gasteiger partial charge < -0.3 is 5.32 Å². The van der Waals surface area contributed by atoms with Gasteiger partial charge >= 0.3 is 0 Å². The van der Waals surface area contributed by atoms with E-state index in [1.165, 1.54) is 12.8 Å². The minimum Gasteiger partial charge on any atom is -0.350 e. The molecule has 1 aromatic carbocycles. The lowest BCUT2D eigenvalue weighted by molar-refractivity contribution is -0.120. The molecule has 0 atom stereocenters. The summed E-state index contributed by atoms with van der Waals surface area (Å²) < 4.78 is 1.65. The molecule has 0 aliphatic heterocycles. The van der Waals surface area contributed by atoms with E-state index in [4.69, 9.17) is 0 Å². The molecule has 0 unspecified atom stereocenters. The summed E-state index contributed by atoms with van der Waals surface area (Å²) in [5.41, 5.74) is 3.87. The minimum absolute atomic E-state index is 0.0195. The number of hydrogen-bond donors (Lipinski definition) is 2. The molecule has 8 heteroatoms. The number of nitrogens with zero attached hydrogens (tertiary/aromatic N) is 5. The fourth-order valence-corrected chi connectivity index (χ4v) is 2.73. The van der Waals surface area contributed by atoms with Crippen LogP contribution in [0.25, 0.3) is 5.69 Å². The third-order valence-corrected chi connectivity index (χ3v) is 4.29. The van der Waals surface area contributed by atoms with Crippen LogP contribution in [0.1, 0.15) is 41.5 Å². The summed E-state index contributed by atoms with van der Waals surface area (Å²) in [6.07, 6.45) is 2.77. The van der Waals surface area contributed by atoms with Crippen LogP contribution in [0.15, 0.2) is 30.3 Å². The number of hydrogen-bond acceptors (Lipinski definition) is 5. The van der Waals surface area contributed by atoms with Gasteiger partial charge in [-0.3, -0.25) is 9.89 Å². The van der Waals surface area contributed by atoms with Gasteiger partial charge in [0.2, 0.25) is 5.91 Å². The maximum Gasteiger partial charge on any atom is 0.224 e. The van der Waals surface area contributed by atoms with Gasteiger partial charge in [0.15, 0.2) is 5.82 Å². The van der Waals surface area contributed by atoms with Crippen LogP contribution in [0.2, 0.25) is 0 Å². The monoisotopic (exact) mass is 337 g/mol. The molecule has 0 saturated heterocycles. The second-order valence-corrected chi connectivity index (χ2v) is 6.35. The number of tetrazole rings is 1. The quantitative estimate of drug-likeness (QED) is 0.708. The van der Waals surface area contributed by atoms with Gasteiger partial charge in [-0.05, 0) is 54.0 Å². The first-order chi connectivity index (χ1) is 12.2. The zero-order valence-corrected chi connectivity index (χ0v) is 13.9. The lowest BCUT2D eigenvalue weighted by Crippen LogP contribution is -2.24. The Kier molecular flexibility index (Phi) is 4.01. The first kappa shape index (κ1) is 15.5. The van der Waals surface area contributed by atoms with Crippen LogP contribution in [-0.4, -0.2) is 36.3 Å². The maximum atomic E-state index is 12.1. The van der Waals surface area contributed by atoms with Gasteiger partial charge in [-0.2, -0.15) is 9.78 Å². The van der Waals surface area contributed by atoms with Crippen molar-refractivity contribution in [1.29, 1.82) is 0 Å². The average Bonchev–Trinajstić information content (AvgIpc) is 3.20. The fourth-order valence-electron chi connectivity index (χ4n) is 2.73. The standard InChI is InChI=1S/C17H19N7O/c1-11-19-22-23-24(11)15-6-2-12(3-7-15)8-17(25)18-10-14-9-16(21-20-14)13-4-5-13/h2-3,6-7,9,13H,4-5,8,10H2,1H3,(H,18,25)(H,20,21). The van der Waals surface area contributed by atoms with E-state index in [1.54, 1.807) is 4.68 Å². The SMILES string of the molecule is Cc1nnnn1-c1ccc(CC(=O)NCc2cc(C3CC3)n[nH]2)cc1. The first-order valence-corrected chi connectivity index (χ1v) is 8.34. The van der Waals surface area contributed by atoms with Crippen LogP contribution < -0.4 is 5.32 Å². The van der Waals surface area contributed by atoms with E-state index in [9.17, 15) is 4.79 Å². The van der Waals surface area contributed by atoms with E-state index in [2.05, 4.69) is 31.0 Å². The third-order valence-electron chi connectivity index (χ3n) is 4.29. The summed E-state index contributed by atoms with van der Waals surface area (Å²) in [6, 6.07) is 9.68. The molecule has 25 heavy (non-hydrogen) atoms. The number of rotatable bonds is 6. The molecule has 8 nitrogen and oxygen atoms in total. The van der Waals surface area contributed by atoms with Crippen molar-refractivity contribution in [1.82, 2.24) is 35.7 Å². The zero-order valence-electron chi connectivity index (χ0n) is 13.9. The normalized spacial score (nSPS) is 13.8. The third kappa shape index (κ3) is 3.57. The molecule has 4 rings (SSSR count). The van der Waals surface area contributed by atoms with Crippen molar-refractivity contribution >= 4 is 5.91 Å². The minimum atomic E-state index is -0.0195. The summed E-state index contributed by atoms with van der Waals surface area (Å²) in [7, 11) is 0. The number of amides is 1. The Labute approximate surface area is 144 Å². The second-order valence-electron chi connectivity index (χ2n) is 6.35. The molecule has 1 aliphatic rings. The lowest BCUT2D eigenvalue weighted by atomic mass is 10.1. The van der Waals surface area contributed by atoms with E-state index in [0.29, 0.717) is 18.9 Å². The molecule has 0 bridgehead atoms. The predicted molar refractivity (Wildman–Crippen MR) is 90.0 cm³/mol. The Bertz CT molecular complexity index is 877. The maximum absolute atomic E-state index is 12.1. The lowest BCUT2D eigenvalue weighted by Gasteiger charge is -2.06. The number of aromatic amines is 1. The Balaban J connectivity index is 1.31. The van der Waals surface area contributed by atoms with Crippen LogP contribution in [-0.2, 0) is 17.8 Å². The van der Waals surface area contributed by atoms with E-state index in [-0.39, 0.29) is 5.91 Å². The molecule has 1 amide bonds. The van der Waals surface area contributed by atoms with Crippen LogP contribution in [0.4, 0.5) is 0 Å². The summed E-state index contributed by atoms with van der Waals surface area (Å²) in [4.78, 5) is 12.1. The highest BCUT2D eigenvalue weighted by molar-refractivity contribution is 5.78. The Hall–Kier alpha value is -3.03. The molecule has 0 spiro atoms. The van der Waals surface area contributed by atoms with Gasteiger partial charge in [-0.15, -0.1) is 5.10 Å². The molecule has 1 aliphatic carbocycles. The van der Waals surface area contributed by atoms with Crippen LogP contribution in [0.5, 0.6) is 0 Å². The van der Waals surface area contributed by atoms with Crippen molar-refractivity contribution in [3.05, 3.63) is 53.1 Å². The molecule has 0 radical (unpaired) electrons. The summed E-state index contributed by atoms with van der Waals surface area (Å²) in [5.74, 6) is 1.31. The smallest absolute Gasteiger partial charge is 0.224 e. The van der Waals surface area contributed by atoms with Gasteiger partial charge in [-0.25, -0.2) is 0 Å². The van der Waals surface area contributed by atoms with Gasteiger partial charge in [0.25, 0.3) is 0 Å². The van der Waals surface area contributed by atoms with Crippen LogP contribution in [0.3, 0.4) is 0 Å². The van der Waals surface area contributed by atoms with Crippen molar-refractivity contribution in [3.63, 3.8) is 0 Å². The Morgan fingerprint density at radius 1 is 1.32 bits per heavy atom. The molecule has 128 valence electrons. The Morgan fingerprint density at radius 3 is 2.80 bits per heavy atom. The Morgan fingerprint density at radius 2 is 2.12 bits per heavy atom. The topological polar surface area (TPSA) is 101 Å². The number of carbonyl (C=O) groups excluding carboxylic acids is 1. The number of H-pyrrole nitrogens is 1. The first-order valence-electron chi connectivity index (χ1n) is 8.34.